The van der Waals surface area contributed by atoms with E-state index in [1.54, 1.807) is 0 Å². The molecule has 28 heavy (non-hydrogen) atoms. The Labute approximate surface area is 160 Å². The summed E-state index contributed by atoms with van der Waals surface area (Å²) in [6.07, 6.45) is -2.66. The van der Waals surface area contributed by atoms with Gasteiger partial charge in [0.05, 0.1) is 5.56 Å². The van der Waals surface area contributed by atoms with E-state index in [-0.39, 0.29) is 18.4 Å². The van der Waals surface area contributed by atoms with Gasteiger partial charge in [0.25, 0.3) is 5.91 Å². The average molecular weight is 392 g/mol. The quantitative estimate of drug-likeness (QED) is 0.782. The fraction of sp³-hybridized carbons (Fsp3) is 0.381. The number of hydrogen-bond acceptors (Lipinski definition) is 2. The Morgan fingerprint density at radius 3 is 2.75 bits per heavy atom. The Kier molecular flexibility index (Phi) is 4.87. The largest absolute Gasteiger partial charge is 0.416 e. The van der Waals surface area contributed by atoms with E-state index in [0.29, 0.717) is 30.3 Å². The SMILES string of the molecule is O=C1NCc2cc(C3CCCN(Cc4cc(F)cc(C(F)(F)F)c4)C3)ccc21. The molecule has 1 atom stereocenters. The number of halogens is 4. The summed E-state index contributed by atoms with van der Waals surface area (Å²) in [5.74, 6) is -0.682. The molecule has 2 aromatic carbocycles. The first kappa shape index (κ1) is 18.9. The van der Waals surface area contributed by atoms with E-state index >= 15 is 0 Å². The van der Waals surface area contributed by atoms with Gasteiger partial charge < -0.3 is 5.32 Å². The monoisotopic (exact) mass is 392 g/mol. The van der Waals surface area contributed by atoms with Crippen molar-refractivity contribution in [2.24, 2.45) is 0 Å². The molecule has 2 aliphatic rings. The van der Waals surface area contributed by atoms with Gasteiger partial charge in [0.1, 0.15) is 5.82 Å². The molecule has 0 saturated carbocycles. The molecule has 2 heterocycles. The highest BCUT2D eigenvalue weighted by Gasteiger charge is 2.32. The molecular formula is C21H20F4N2O. The van der Waals surface area contributed by atoms with Crippen molar-refractivity contribution in [1.29, 1.82) is 0 Å². The van der Waals surface area contributed by atoms with E-state index in [1.807, 2.05) is 18.2 Å². The second kappa shape index (κ2) is 7.20. The number of fused-ring (bicyclic) bond motifs is 1. The molecule has 3 nitrogen and oxygen atoms in total. The van der Waals surface area contributed by atoms with Crippen LogP contribution in [0.1, 0.15) is 51.4 Å². The predicted molar refractivity (Wildman–Crippen MR) is 96.3 cm³/mol. The lowest BCUT2D eigenvalue weighted by Crippen LogP contribution is -2.34. The van der Waals surface area contributed by atoms with Crippen molar-refractivity contribution in [3.63, 3.8) is 0 Å². The highest BCUT2D eigenvalue weighted by molar-refractivity contribution is 5.98. The van der Waals surface area contributed by atoms with Crippen LogP contribution < -0.4 is 5.32 Å². The van der Waals surface area contributed by atoms with E-state index in [2.05, 4.69) is 10.2 Å². The Hall–Kier alpha value is -2.41. The Bertz CT molecular complexity index is 910. The highest BCUT2D eigenvalue weighted by Crippen LogP contribution is 2.33. The molecule has 1 unspecified atom stereocenters. The minimum absolute atomic E-state index is 0.0570. The van der Waals surface area contributed by atoms with E-state index in [0.717, 1.165) is 36.6 Å². The van der Waals surface area contributed by atoms with Crippen molar-refractivity contribution in [2.45, 2.75) is 38.0 Å². The number of alkyl halides is 3. The van der Waals surface area contributed by atoms with Crippen LogP contribution in [0.2, 0.25) is 0 Å². The van der Waals surface area contributed by atoms with Crippen LogP contribution in [-0.4, -0.2) is 23.9 Å². The summed E-state index contributed by atoms with van der Waals surface area (Å²) in [6.45, 7) is 2.27. The van der Waals surface area contributed by atoms with Gasteiger partial charge in [-0.3, -0.25) is 9.69 Å². The number of nitrogens with one attached hydrogen (secondary N) is 1. The van der Waals surface area contributed by atoms with Crippen LogP contribution in [-0.2, 0) is 19.3 Å². The van der Waals surface area contributed by atoms with Gasteiger partial charge in [-0.25, -0.2) is 4.39 Å². The van der Waals surface area contributed by atoms with Gasteiger partial charge >= 0.3 is 6.18 Å². The molecule has 0 aliphatic carbocycles. The first-order valence-electron chi connectivity index (χ1n) is 9.29. The Morgan fingerprint density at radius 2 is 1.96 bits per heavy atom. The van der Waals surface area contributed by atoms with Crippen molar-refractivity contribution >= 4 is 5.91 Å². The van der Waals surface area contributed by atoms with E-state index < -0.39 is 17.6 Å². The van der Waals surface area contributed by atoms with Crippen molar-refractivity contribution in [1.82, 2.24) is 10.2 Å². The lowest BCUT2D eigenvalue weighted by molar-refractivity contribution is -0.137. The zero-order valence-electron chi connectivity index (χ0n) is 15.2. The van der Waals surface area contributed by atoms with Gasteiger partial charge in [0.15, 0.2) is 0 Å². The van der Waals surface area contributed by atoms with Gasteiger partial charge in [0, 0.05) is 25.2 Å². The summed E-state index contributed by atoms with van der Waals surface area (Å²) in [5.41, 5.74) is 2.20. The lowest BCUT2D eigenvalue weighted by atomic mass is 9.88. The maximum atomic E-state index is 13.7. The molecule has 2 aromatic rings. The molecule has 1 saturated heterocycles. The van der Waals surface area contributed by atoms with Gasteiger partial charge in [0.2, 0.25) is 0 Å². The van der Waals surface area contributed by atoms with Crippen LogP contribution in [0.25, 0.3) is 0 Å². The molecule has 0 bridgehead atoms. The summed E-state index contributed by atoms with van der Waals surface area (Å²) in [5, 5.41) is 2.80. The number of nitrogens with zero attached hydrogens (tertiary/aromatic N) is 1. The number of amides is 1. The van der Waals surface area contributed by atoms with Crippen molar-refractivity contribution in [3.05, 3.63) is 70.0 Å². The number of benzene rings is 2. The van der Waals surface area contributed by atoms with E-state index in [1.165, 1.54) is 6.07 Å². The van der Waals surface area contributed by atoms with Gasteiger partial charge in [-0.05, 0) is 66.3 Å². The molecule has 148 valence electrons. The second-order valence-corrected chi connectivity index (χ2v) is 7.52. The standard InChI is InChI=1S/C21H20F4N2O/c22-18-7-13(6-17(9-18)21(23,24)25)11-27-5-1-2-15(12-27)14-3-4-19-16(8-14)10-26-20(19)28/h3-4,6-9,15H,1-2,5,10-12H2,(H,26,28). The van der Waals surface area contributed by atoms with E-state index in [4.69, 9.17) is 0 Å². The summed E-state index contributed by atoms with van der Waals surface area (Å²) in [7, 11) is 0. The van der Waals surface area contributed by atoms with Crippen molar-refractivity contribution in [2.75, 3.05) is 13.1 Å². The fourth-order valence-electron chi connectivity index (χ4n) is 4.14. The smallest absolute Gasteiger partial charge is 0.348 e. The number of carbonyl (C=O) groups excluding carboxylic acids is 1. The number of rotatable bonds is 3. The first-order valence-corrected chi connectivity index (χ1v) is 9.29. The van der Waals surface area contributed by atoms with E-state index in [9.17, 15) is 22.4 Å². The third-order valence-corrected chi connectivity index (χ3v) is 5.48. The van der Waals surface area contributed by atoms with Gasteiger partial charge in [-0.1, -0.05) is 12.1 Å². The molecule has 2 aliphatic heterocycles. The van der Waals surface area contributed by atoms with Crippen LogP contribution in [0.15, 0.2) is 36.4 Å². The number of likely N-dealkylation sites (tertiary alicyclic amines) is 1. The minimum atomic E-state index is -4.56. The summed E-state index contributed by atoms with van der Waals surface area (Å²) in [6, 6.07) is 8.58. The maximum absolute atomic E-state index is 13.7. The second-order valence-electron chi connectivity index (χ2n) is 7.52. The molecule has 0 spiro atoms. The first-order chi connectivity index (χ1) is 13.3. The van der Waals surface area contributed by atoms with Crippen LogP contribution in [0.4, 0.5) is 17.6 Å². The third-order valence-electron chi connectivity index (χ3n) is 5.48. The maximum Gasteiger partial charge on any atom is 0.416 e. The lowest BCUT2D eigenvalue weighted by Gasteiger charge is -2.33. The third kappa shape index (κ3) is 3.90. The van der Waals surface area contributed by atoms with Gasteiger partial charge in [-0.15, -0.1) is 0 Å². The van der Waals surface area contributed by atoms with Gasteiger partial charge in [-0.2, -0.15) is 13.2 Å². The van der Waals surface area contributed by atoms with Crippen molar-refractivity contribution in [3.8, 4) is 0 Å². The number of hydrogen-bond donors (Lipinski definition) is 1. The van der Waals surface area contributed by atoms with Crippen LogP contribution >= 0.6 is 0 Å². The molecule has 0 radical (unpaired) electrons. The molecule has 1 N–H and O–H groups in total. The molecule has 0 aromatic heterocycles. The van der Waals surface area contributed by atoms with Crippen molar-refractivity contribution < 1.29 is 22.4 Å². The molecule has 7 heteroatoms. The summed E-state index contributed by atoms with van der Waals surface area (Å²) in [4.78, 5) is 13.8. The number of carbonyl (C=O) groups is 1. The Balaban J connectivity index is 1.49. The fourth-order valence-corrected chi connectivity index (χ4v) is 4.14. The summed E-state index contributed by atoms with van der Waals surface area (Å²) >= 11 is 0. The van der Waals surface area contributed by atoms with Crippen LogP contribution in [0, 0.1) is 5.82 Å². The average Bonchev–Trinajstić information content (AvgIpc) is 3.01. The molecular weight excluding hydrogens is 372 g/mol. The summed E-state index contributed by atoms with van der Waals surface area (Å²) < 4.78 is 52.5. The van der Waals surface area contributed by atoms with Crippen LogP contribution in [0.5, 0.6) is 0 Å². The predicted octanol–water partition coefficient (Wildman–Crippen LogP) is 4.47. The topological polar surface area (TPSA) is 32.3 Å². The minimum Gasteiger partial charge on any atom is -0.348 e. The zero-order chi connectivity index (χ0) is 19.9. The molecule has 4 rings (SSSR count). The zero-order valence-corrected chi connectivity index (χ0v) is 15.2. The Morgan fingerprint density at radius 1 is 1.14 bits per heavy atom. The normalized spacial score (nSPS) is 20.1. The number of piperidine rings is 1. The highest BCUT2D eigenvalue weighted by atomic mass is 19.4. The molecule has 1 fully saturated rings. The van der Waals surface area contributed by atoms with Crippen LogP contribution in [0.3, 0.4) is 0 Å². The molecule has 1 amide bonds.